The lowest BCUT2D eigenvalue weighted by molar-refractivity contribution is 0.213. The van der Waals surface area contributed by atoms with Crippen LogP contribution < -0.4 is 10.6 Å². The fourth-order valence-electron chi connectivity index (χ4n) is 3.50. The van der Waals surface area contributed by atoms with E-state index in [0.717, 1.165) is 6.54 Å². The number of likely N-dealkylation sites (N-methyl/N-ethyl adjacent to an activating group) is 2. The van der Waals surface area contributed by atoms with Crippen molar-refractivity contribution in [1.82, 2.24) is 4.90 Å². The smallest absolute Gasteiger partial charge is 0.0669 e. The van der Waals surface area contributed by atoms with Gasteiger partial charge in [0.15, 0.2) is 0 Å². The molecule has 22 heavy (non-hydrogen) atoms. The molecule has 3 nitrogen and oxygen atoms in total. The number of rotatable bonds is 3. The summed E-state index contributed by atoms with van der Waals surface area (Å²) < 4.78 is 0. The number of hydrogen-bond acceptors (Lipinski definition) is 3. The quantitative estimate of drug-likeness (QED) is 0.944. The lowest BCUT2D eigenvalue weighted by Gasteiger charge is -2.43. The first-order chi connectivity index (χ1) is 10.6. The summed E-state index contributed by atoms with van der Waals surface area (Å²) in [6.07, 6.45) is 0. The monoisotopic (exact) mass is 295 g/mol. The SMILES string of the molecule is Cc1ccc2c(c1)C(N(C)c1ccccc1)CN(C)C2CN. The highest BCUT2D eigenvalue weighted by Gasteiger charge is 2.32. The summed E-state index contributed by atoms with van der Waals surface area (Å²) in [6, 6.07) is 18.0. The topological polar surface area (TPSA) is 32.5 Å². The molecule has 3 heteroatoms. The molecule has 1 aliphatic rings. The zero-order valence-corrected chi connectivity index (χ0v) is 13.7. The van der Waals surface area contributed by atoms with Crippen LogP contribution in [0.5, 0.6) is 0 Å². The predicted octanol–water partition coefficient (Wildman–Crippen LogP) is 3.12. The number of anilines is 1. The molecule has 2 aromatic carbocycles. The molecule has 0 fully saturated rings. The van der Waals surface area contributed by atoms with Gasteiger partial charge in [-0.2, -0.15) is 0 Å². The largest absolute Gasteiger partial charge is 0.366 e. The molecule has 0 spiro atoms. The summed E-state index contributed by atoms with van der Waals surface area (Å²) in [4.78, 5) is 4.75. The molecule has 0 aliphatic carbocycles. The number of para-hydroxylation sites is 1. The lowest BCUT2D eigenvalue weighted by Crippen LogP contribution is -2.43. The van der Waals surface area contributed by atoms with Gasteiger partial charge in [0.25, 0.3) is 0 Å². The van der Waals surface area contributed by atoms with Crippen molar-refractivity contribution in [1.29, 1.82) is 0 Å². The number of fused-ring (bicyclic) bond motifs is 1. The first-order valence-corrected chi connectivity index (χ1v) is 7.90. The molecular formula is C19H25N3. The zero-order chi connectivity index (χ0) is 15.7. The fourth-order valence-corrected chi connectivity index (χ4v) is 3.50. The summed E-state index contributed by atoms with van der Waals surface area (Å²) in [7, 11) is 4.36. The predicted molar refractivity (Wildman–Crippen MR) is 93.2 cm³/mol. The Morgan fingerprint density at radius 1 is 1.14 bits per heavy atom. The van der Waals surface area contributed by atoms with Crippen LogP contribution in [0, 0.1) is 6.92 Å². The third kappa shape index (κ3) is 2.62. The van der Waals surface area contributed by atoms with Gasteiger partial charge in [0.05, 0.1) is 6.04 Å². The van der Waals surface area contributed by atoms with E-state index in [1.165, 1.54) is 22.4 Å². The van der Waals surface area contributed by atoms with E-state index in [2.05, 4.69) is 79.3 Å². The highest BCUT2D eigenvalue weighted by molar-refractivity contribution is 5.51. The van der Waals surface area contributed by atoms with Gasteiger partial charge in [0, 0.05) is 31.9 Å². The highest BCUT2D eigenvalue weighted by Crippen LogP contribution is 2.38. The number of hydrogen-bond donors (Lipinski definition) is 1. The first kappa shape index (κ1) is 15.1. The Bertz CT molecular complexity index is 638. The minimum Gasteiger partial charge on any atom is -0.366 e. The average molecular weight is 295 g/mol. The molecule has 0 radical (unpaired) electrons. The van der Waals surface area contributed by atoms with Crippen molar-refractivity contribution in [2.24, 2.45) is 5.73 Å². The van der Waals surface area contributed by atoms with Crippen LogP contribution in [-0.2, 0) is 0 Å². The fraction of sp³-hybridized carbons (Fsp3) is 0.368. The molecule has 2 atom stereocenters. The van der Waals surface area contributed by atoms with Gasteiger partial charge >= 0.3 is 0 Å². The van der Waals surface area contributed by atoms with Gasteiger partial charge < -0.3 is 10.6 Å². The van der Waals surface area contributed by atoms with E-state index in [9.17, 15) is 0 Å². The Hall–Kier alpha value is -1.84. The molecule has 0 bridgehead atoms. The number of aryl methyl sites for hydroxylation is 1. The van der Waals surface area contributed by atoms with Crippen LogP contribution in [0.2, 0.25) is 0 Å². The second-order valence-electron chi connectivity index (χ2n) is 6.29. The summed E-state index contributed by atoms with van der Waals surface area (Å²) in [5.41, 5.74) is 11.4. The normalized spacial score (nSPS) is 21.5. The second-order valence-corrected chi connectivity index (χ2v) is 6.29. The Balaban J connectivity index is 2.04. The van der Waals surface area contributed by atoms with Crippen molar-refractivity contribution in [3.05, 3.63) is 65.2 Å². The molecule has 116 valence electrons. The van der Waals surface area contributed by atoms with Crippen LogP contribution in [0.15, 0.2) is 48.5 Å². The van der Waals surface area contributed by atoms with Gasteiger partial charge in [-0.05, 0) is 37.2 Å². The van der Waals surface area contributed by atoms with Crippen LogP contribution in [0.25, 0.3) is 0 Å². The van der Waals surface area contributed by atoms with Gasteiger partial charge in [-0.3, -0.25) is 4.90 Å². The van der Waals surface area contributed by atoms with Gasteiger partial charge in [-0.15, -0.1) is 0 Å². The van der Waals surface area contributed by atoms with Crippen molar-refractivity contribution in [3.8, 4) is 0 Å². The Labute approximate surface area is 133 Å². The van der Waals surface area contributed by atoms with E-state index in [1.54, 1.807) is 0 Å². The third-order valence-electron chi connectivity index (χ3n) is 4.81. The maximum atomic E-state index is 6.02. The molecule has 1 heterocycles. The first-order valence-electron chi connectivity index (χ1n) is 7.90. The van der Waals surface area contributed by atoms with Crippen LogP contribution in [0.3, 0.4) is 0 Å². The van der Waals surface area contributed by atoms with Crippen molar-refractivity contribution in [2.45, 2.75) is 19.0 Å². The molecule has 0 saturated heterocycles. The van der Waals surface area contributed by atoms with Crippen LogP contribution >= 0.6 is 0 Å². The summed E-state index contributed by atoms with van der Waals surface area (Å²) in [6.45, 7) is 3.81. The Kier molecular flexibility index (Phi) is 4.19. The van der Waals surface area contributed by atoms with Crippen LogP contribution in [0.1, 0.15) is 28.8 Å². The third-order valence-corrected chi connectivity index (χ3v) is 4.81. The summed E-state index contributed by atoms with van der Waals surface area (Å²) >= 11 is 0. The Morgan fingerprint density at radius 3 is 2.55 bits per heavy atom. The van der Waals surface area contributed by atoms with Crippen molar-refractivity contribution in [2.75, 3.05) is 32.1 Å². The molecule has 0 aromatic heterocycles. The maximum absolute atomic E-state index is 6.02. The van der Waals surface area contributed by atoms with Gasteiger partial charge in [0.1, 0.15) is 0 Å². The molecule has 3 rings (SSSR count). The molecule has 1 aliphatic heterocycles. The summed E-state index contributed by atoms with van der Waals surface area (Å²) in [5, 5.41) is 0. The van der Waals surface area contributed by atoms with Gasteiger partial charge in [-0.1, -0.05) is 42.0 Å². The minimum absolute atomic E-state index is 0.316. The number of nitrogens with two attached hydrogens (primary N) is 1. The van der Waals surface area contributed by atoms with Crippen LogP contribution in [-0.4, -0.2) is 32.1 Å². The van der Waals surface area contributed by atoms with Crippen molar-refractivity contribution < 1.29 is 0 Å². The molecule has 2 unspecified atom stereocenters. The van der Waals surface area contributed by atoms with Crippen molar-refractivity contribution in [3.63, 3.8) is 0 Å². The molecular weight excluding hydrogens is 270 g/mol. The van der Waals surface area contributed by atoms with Gasteiger partial charge in [0.2, 0.25) is 0 Å². The van der Waals surface area contributed by atoms with Crippen LogP contribution in [0.4, 0.5) is 5.69 Å². The zero-order valence-electron chi connectivity index (χ0n) is 13.7. The lowest BCUT2D eigenvalue weighted by atomic mass is 9.87. The van der Waals surface area contributed by atoms with Gasteiger partial charge in [-0.25, -0.2) is 0 Å². The highest BCUT2D eigenvalue weighted by atomic mass is 15.2. The minimum atomic E-state index is 0.316. The van der Waals surface area contributed by atoms with Crippen molar-refractivity contribution >= 4 is 5.69 Å². The molecule has 0 saturated carbocycles. The van der Waals surface area contributed by atoms with E-state index in [1.807, 2.05) is 0 Å². The van der Waals surface area contributed by atoms with E-state index in [0.29, 0.717) is 18.6 Å². The molecule has 2 N–H and O–H groups in total. The average Bonchev–Trinajstić information content (AvgIpc) is 2.54. The Morgan fingerprint density at radius 2 is 1.86 bits per heavy atom. The number of nitrogens with zero attached hydrogens (tertiary/aromatic N) is 2. The second kappa shape index (κ2) is 6.11. The maximum Gasteiger partial charge on any atom is 0.0669 e. The van der Waals surface area contributed by atoms with E-state index in [-0.39, 0.29) is 0 Å². The molecule has 2 aromatic rings. The molecule has 0 amide bonds. The standard InChI is InChI=1S/C19H25N3/c1-14-9-10-16-17(11-14)19(13-21(2)18(16)12-20)22(3)15-7-5-4-6-8-15/h4-11,18-19H,12-13,20H2,1-3H3. The summed E-state index contributed by atoms with van der Waals surface area (Å²) in [5.74, 6) is 0. The number of benzene rings is 2. The van der Waals surface area contributed by atoms with E-state index >= 15 is 0 Å². The van der Waals surface area contributed by atoms with E-state index in [4.69, 9.17) is 5.73 Å². The van der Waals surface area contributed by atoms with E-state index < -0.39 is 0 Å².